The summed E-state index contributed by atoms with van der Waals surface area (Å²) in [5.41, 5.74) is 6.66. The van der Waals surface area contributed by atoms with Crippen molar-refractivity contribution in [3.63, 3.8) is 0 Å². The van der Waals surface area contributed by atoms with E-state index in [9.17, 15) is 22.8 Å². The molecule has 0 radical (unpaired) electrons. The highest BCUT2D eigenvalue weighted by Gasteiger charge is 2.32. The van der Waals surface area contributed by atoms with E-state index in [1.54, 1.807) is 36.4 Å². The van der Waals surface area contributed by atoms with Gasteiger partial charge in [-0.3, -0.25) is 9.59 Å². The van der Waals surface area contributed by atoms with E-state index < -0.39 is 46.3 Å². The number of nitrogens with one attached hydrogen (secondary N) is 2. The zero-order valence-electron chi connectivity index (χ0n) is 22.3. The first-order chi connectivity index (χ1) is 19.0. The number of alkyl carbamates (subject to hydrolysis) is 1. The summed E-state index contributed by atoms with van der Waals surface area (Å²) in [6.07, 6.45) is -0.619. The molecule has 0 aliphatic heterocycles. The van der Waals surface area contributed by atoms with Gasteiger partial charge in [-0.25, -0.2) is 17.9 Å². The van der Waals surface area contributed by atoms with E-state index >= 15 is 0 Å². The summed E-state index contributed by atoms with van der Waals surface area (Å²) < 4.78 is 38.4. The highest BCUT2D eigenvalue weighted by Crippen LogP contribution is 2.22. The maximum Gasteiger partial charge on any atom is 0.408 e. The summed E-state index contributed by atoms with van der Waals surface area (Å²) in [4.78, 5) is 37.9. The van der Waals surface area contributed by atoms with Gasteiger partial charge in [0.1, 0.15) is 24.1 Å². The number of carbonyl (C=O) groups is 3. The Morgan fingerprint density at radius 3 is 2.02 bits per heavy atom. The molecule has 2 atom stereocenters. The number of para-hydroxylation sites is 1. The number of ketones is 2. The van der Waals surface area contributed by atoms with Gasteiger partial charge in [0.15, 0.2) is 11.6 Å². The van der Waals surface area contributed by atoms with Gasteiger partial charge < -0.3 is 20.5 Å². The average molecular weight is 568 g/mol. The third-order valence-corrected chi connectivity index (χ3v) is 7.18. The van der Waals surface area contributed by atoms with Crippen molar-refractivity contribution in [1.29, 1.82) is 0 Å². The zero-order valence-corrected chi connectivity index (χ0v) is 23.1. The van der Waals surface area contributed by atoms with Gasteiger partial charge in [-0.15, -0.1) is 0 Å². The second-order valence-corrected chi connectivity index (χ2v) is 11.2. The fraction of sp³-hybridized carbons (Fsp3) is 0.276. The fourth-order valence-electron chi connectivity index (χ4n) is 3.67. The van der Waals surface area contributed by atoms with Crippen molar-refractivity contribution in [1.82, 2.24) is 10.0 Å². The first-order valence-corrected chi connectivity index (χ1v) is 14.2. The number of amides is 1. The standard InChI is InChI=1S/C29H33N3O7S/c1-20(2)17-25(32-29(35)38-19-21-9-5-3-6-10-21)28(34)27(30)26(33)18-31-40(36,37)24-15-13-23(14-16-24)39-22-11-7-4-8-12-22/h3-16,20,25,27,31H,17-19,30H2,1-2H3,(H,32,35)/t25-,27?/m0/s1. The zero-order chi connectivity index (χ0) is 29.1. The van der Waals surface area contributed by atoms with Crippen molar-refractivity contribution < 1.29 is 32.3 Å². The van der Waals surface area contributed by atoms with Crippen LogP contribution in [0.25, 0.3) is 0 Å². The first-order valence-electron chi connectivity index (χ1n) is 12.7. The number of Topliss-reactive ketones (excluding diaryl/α,β-unsaturated/α-hetero) is 2. The SMILES string of the molecule is CC(C)C[C@H](NC(=O)OCc1ccccc1)C(=O)C(N)C(=O)CNS(=O)(=O)c1ccc(Oc2ccccc2)cc1. The van der Waals surface area contributed by atoms with E-state index in [2.05, 4.69) is 10.0 Å². The van der Waals surface area contributed by atoms with Crippen molar-refractivity contribution in [2.24, 2.45) is 11.7 Å². The molecular weight excluding hydrogens is 534 g/mol. The molecule has 4 N–H and O–H groups in total. The molecule has 0 saturated heterocycles. The predicted octanol–water partition coefficient (Wildman–Crippen LogP) is 3.56. The number of benzene rings is 3. The second-order valence-electron chi connectivity index (χ2n) is 9.45. The molecule has 3 aromatic rings. The van der Waals surface area contributed by atoms with E-state index in [1.807, 2.05) is 38.1 Å². The fourth-order valence-corrected chi connectivity index (χ4v) is 4.66. The van der Waals surface area contributed by atoms with Gasteiger partial charge in [0.05, 0.1) is 17.5 Å². The lowest BCUT2D eigenvalue weighted by atomic mass is 9.95. The van der Waals surface area contributed by atoms with Crippen LogP contribution in [0.3, 0.4) is 0 Å². The monoisotopic (exact) mass is 567 g/mol. The molecule has 0 aliphatic carbocycles. The van der Waals surface area contributed by atoms with Crippen LogP contribution in [0.15, 0.2) is 89.8 Å². The van der Waals surface area contributed by atoms with Crippen LogP contribution in [0.1, 0.15) is 25.8 Å². The van der Waals surface area contributed by atoms with Gasteiger partial charge in [-0.05, 0) is 54.3 Å². The van der Waals surface area contributed by atoms with Crippen molar-refractivity contribution in [3.8, 4) is 11.5 Å². The predicted molar refractivity (Wildman–Crippen MR) is 149 cm³/mol. The van der Waals surface area contributed by atoms with Gasteiger partial charge in [-0.2, -0.15) is 0 Å². The molecule has 0 bridgehead atoms. The Kier molecular flexibility index (Phi) is 10.9. The maximum absolute atomic E-state index is 13.0. The molecule has 0 saturated carbocycles. The molecule has 0 fully saturated rings. The number of carbonyl (C=O) groups excluding carboxylic acids is 3. The van der Waals surface area contributed by atoms with Gasteiger partial charge in [-0.1, -0.05) is 62.4 Å². The van der Waals surface area contributed by atoms with Gasteiger partial charge >= 0.3 is 6.09 Å². The molecule has 3 aromatic carbocycles. The van der Waals surface area contributed by atoms with E-state index in [1.165, 1.54) is 24.3 Å². The summed E-state index contributed by atoms with van der Waals surface area (Å²) in [7, 11) is -4.08. The van der Waals surface area contributed by atoms with Crippen LogP contribution >= 0.6 is 0 Å². The number of ether oxygens (including phenoxy) is 2. The second kappa shape index (κ2) is 14.4. The van der Waals surface area contributed by atoms with Crippen molar-refractivity contribution >= 4 is 27.7 Å². The van der Waals surface area contributed by atoms with Crippen molar-refractivity contribution in [2.75, 3.05) is 6.54 Å². The lowest BCUT2D eigenvalue weighted by Crippen LogP contribution is -2.53. The summed E-state index contributed by atoms with van der Waals surface area (Å²) in [6.45, 7) is 2.98. The topological polar surface area (TPSA) is 154 Å². The van der Waals surface area contributed by atoms with Gasteiger partial charge in [0.2, 0.25) is 10.0 Å². The molecule has 3 rings (SSSR count). The van der Waals surface area contributed by atoms with Crippen molar-refractivity contribution in [2.45, 2.75) is 43.9 Å². The minimum Gasteiger partial charge on any atom is -0.457 e. The van der Waals surface area contributed by atoms with E-state index in [0.717, 1.165) is 5.56 Å². The molecule has 40 heavy (non-hydrogen) atoms. The Bertz CT molecular complexity index is 1380. The number of hydrogen-bond donors (Lipinski definition) is 3. The largest absolute Gasteiger partial charge is 0.457 e. The number of sulfonamides is 1. The normalized spacial score (nSPS) is 12.8. The lowest BCUT2D eigenvalue weighted by molar-refractivity contribution is -0.129. The molecule has 212 valence electrons. The quantitative estimate of drug-likeness (QED) is 0.250. The number of hydrogen-bond acceptors (Lipinski definition) is 8. The Hall–Kier alpha value is -4.06. The van der Waals surface area contributed by atoms with Gasteiger partial charge in [0.25, 0.3) is 0 Å². The lowest BCUT2D eigenvalue weighted by Gasteiger charge is -2.22. The first kappa shape index (κ1) is 30.5. The summed E-state index contributed by atoms with van der Waals surface area (Å²) >= 11 is 0. The highest BCUT2D eigenvalue weighted by molar-refractivity contribution is 7.89. The molecular formula is C29H33N3O7S. The summed E-state index contributed by atoms with van der Waals surface area (Å²) in [5, 5.41) is 2.48. The molecule has 11 heteroatoms. The highest BCUT2D eigenvalue weighted by atomic mass is 32.2. The Morgan fingerprint density at radius 2 is 1.43 bits per heavy atom. The van der Waals surface area contributed by atoms with Gasteiger partial charge in [0, 0.05) is 0 Å². The van der Waals surface area contributed by atoms with Crippen LogP contribution < -0.4 is 20.5 Å². The van der Waals surface area contributed by atoms with E-state index in [4.69, 9.17) is 15.2 Å². The minimum atomic E-state index is -4.08. The summed E-state index contributed by atoms with van der Waals surface area (Å²) in [5.74, 6) is -0.573. The smallest absolute Gasteiger partial charge is 0.408 e. The molecule has 0 aliphatic rings. The summed E-state index contributed by atoms with van der Waals surface area (Å²) in [6, 6.07) is 20.9. The average Bonchev–Trinajstić information content (AvgIpc) is 2.95. The molecule has 1 amide bonds. The van der Waals surface area contributed by atoms with Crippen LogP contribution in [-0.4, -0.2) is 44.7 Å². The number of nitrogens with two attached hydrogens (primary N) is 1. The minimum absolute atomic E-state index is 0.00137. The van der Waals surface area contributed by atoms with Crippen LogP contribution in [-0.2, 0) is 31.0 Å². The maximum atomic E-state index is 13.0. The third-order valence-electron chi connectivity index (χ3n) is 5.76. The molecule has 0 spiro atoms. The molecule has 0 heterocycles. The van der Waals surface area contributed by atoms with E-state index in [0.29, 0.717) is 11.5 Å². The van der Waals surface area contributed by atoms with Crippen LogP contribution in [0, 0.1) is 5.92 Å². The van der Waals surface area contributed by atoms with Crippen LogP contribution in [0.5, 0.6) is 11.5 Å². The van der Waals surface area contributed by atoms with E-state index in [-0.39, 0.29) is 23.8 Å². The van der Waals surface area contributed by atoms with Crippen LogP contribution in [0.2, 0.25) is 0 Å². The Balaban J connectivity index is 1.56. The number of rotatable bonds is 14. The molecule has 0 aromatic heterocycles. The molecule has 1 unspecified atom stereocenters. The van der Waals surface area contributed by atoms with Crippen LogP contribution in [0.4, 0.5) is 4.79 Å². The third kappa shape index (κ3) is 9.30. The van der Waals surface area contributed by atoms with Crippen molar-refractivity contribution in [3.05, 3.63) is 90.5 Å². The Morgan fingerprint density at radius 1 is 0.850 bits per heavy atom. The Labute approximate surface area is 233 Å². The molecule has 10 nitrogen and oxygen atoms in total.